The lowest BCUT2D eigenvalue weighted by atomic mass is 10.2. The van der Waals surface area contributed by atoms with Crippen molar-refractivity contribution in [1.29, 1.82) is 0 Å². The molecule has 23 heavy (non-hydrogen) atoms. The maximum Gasteiger partial charge on any atom is 0.225 e. The second-order valence-electron chi connectivity index (χ2n) is 6.12. The van der Waals surface area contributed by atoms with Crippen molar-refractivity contribution in [3.05, 3.63) is 30.3 Å². The SMILES string of the molecule is CN1C(=O)CCO[C@H]2CN(CCS(=O)(=O)c3ccccc3)C[C@@H]21. The maximum absolute atomic E-state index is 12.4. The minimum absolute atomic E-state index is 0.0180. The average Bonchev–Trinajstić information content (AvgIpc) is 2.91. The highest BCUT2D eigenvalue weighted by Gasteiger charge is 2.39. The zero-order valence-corrected chi connectivity index (χ0v) is 14.0. The zero-order chi connectivity index (χ0) is 16.4. The molecule has 7 heteroatoms. The molecule has 2 saturated heterocycles. The quantitative estimate of drug-likeness (QED) is 0.795. The Hall–Kier alpha value is -1.44. The van der Waals surface area contributed by atoms with Crippen LogP contribution in [0.2, 0.25) is 0 Å². The number of benzene rings is 1. The number of nitrogens with zero attached hydrogens (tertiary/aromatic N) is 2. The topological polar surface area (TPSA) is 66.9 Å². The van der Waals surface area contributed by atoms with Crippen molar-refractivity contribution in [2.75, 3.05) is 39.0 Å². The van der Waals surface area contributed by atoms with Gasteiger partial charge in [-0.1, -0.05) is 18.2 Å². The fraction of sp³-hybridized carbons (Fsp3) is 0.562. The molecule has 1 aromatic carbocycles. The standard InChI is InChI=1S/C16H22N2O4S/c1-17-14-11-18(12-15(14)22-9-7-16(17)19)8-10-23(20,21)13-5-3-2-4-6-13/h2-6,14-15H,7-12H2,1H3/t14-,15-/m0/s1. The minimum atomic E-state index is -3.28. The van der Waals surface area contributed by atoms with Crippen molar-refractivity contribution in [2.45, 2.75) is 23.5 Å². The molecule has 126 valence electrons. The van der Waals surface area contributed by atoms with Gasteiger partial charge < -0.3 is 9.64 Å². The van der Waals surface area contributed by atoms with Crippen LogP contribution >= 0.6 is 0 Å². The highest BCUT2D eigenvalue weighted by atomic mass is 32.2. The molecule has 0 aromatic heterocycles. The van der Waals surface area contributed by atoms with E-state index in [0.29, 0.717) is 37.6 Å². The molecule has 0 spiro atoms. The smallest absolute Gasteiger partial charge is 0.225 e. The predicted octanol–water partition coefficient (Wildman–Crippen LogP) is 0.392. The van der Waals surface area contributed by atoms with Gasteiger partial charge >= 0.3 is 0 Å². The summed E-state index contributed by atoms with van der Waals surface area (Å²) in [7, 11) is -1.47. The molecule has 3 rings (SSSR count). The van der Waals surface area contributed by atoms with Gasteiger partial charge in [0.05, 0.1) is 35.8 Å². The minimum Gasteiger partial charge on any atom is -0.374 e. The van der Waals surface area contributed by atoms with E-state index in [2.05, 4.69) is 4.90 Å². The molecule has 0 bridgehead atoms. The molecule has 2 aliphatic heterocycles. The summed E-state index contributed by atoms with van der Waals surface area (Å²) in [6.45, 7) is 2.24. The van der Waals surface area contributed by atoms with Crippen LogP contribution in [-0.4, -0.2) is 75.3 Å². The largest absolute Gasteiger partial charge is 0.374 e. The maximum atomic E-state index is 12.4. The van der Waals surface area contributed by atoms with E-state index in [1.165, 1.54) is 0 Å². The lowest BCUT2D eigenvalue weighted by Crippen LogP contribution is -2.42. The molecule has 0 unspecified atom stereocenters. The first-order valence-corrected chi connectivity index (χ1v) is 9.50. The summed E-state index contributed by atoms with van der Waals surface area (Å²) in [5.41, 5.74) is 0. The number of sulfone groups is 1. The highest BCUT2D eigenvalue weighted by molar-refractivity contribution is 7.91. The number of hydrogen-bond donors (Lipinski definition) is 0. The molecule has 2 aliphatic rings. The number of likely N-dealkylation sites (tertiary alicyclic amines) is 1. The lowest BCUT2D eigenvalue weighted by molar-refractivity contribution is -0.131. The van der Waals surface area contributed by atoms with Gasteiger partial charge in [-0.05, 0) is 12.1 Å². The van der Waals surface area contributed by atoms with Crippen LogP contribution in [0.3, 0.4) is 0 Å². The van der Waals surface area contributed by atoms with Crippen LogP contribution in [0, 0.1) is 0 Å². The van der Waals surface area contributed by atoms with Crippen molar-refractivity contribution in [1.82, 2.24) is 9.80 Å². The van der Waals surface area contributed by atoms with Gasteiger partial charge in [0.2, 0.25) is 5.91 Å². The van der Waals surface area contributed by atoms with Crippen LogP contribution in [0.25, 0.3) is 0 Å². The lowest BCUT2D eigenvalue weighted by Gasteiger charge is -2.25. The average molecular weight is 338 g/mol. The molecule has 0 aliphatic carbocycles. The number of amides is 1. The van der Waals surface area contributed by atoms with Crippen LogP contribution in [0.5, 0.6) is 0 Å². The predicted molar refractivity (Wildman–Crippen MR) is 85.8 cm³/mol. The van der Waals surface area contributed by atoms with Crippen LogP contribution in [0.15, 0.2) is 35.2 Å². The summed E-state index contributed by atoms with van der Waals surface area (Å²) < 4.78 is 30.5. The van der Waals surface area contributed by atoms with Gasteiger partial charge in [-0.3, -0.25) is 9.69 Å². The summed E-state index contributed by atoms with van der Waals surface area (Å²) in [6, 6.07) is 8.53. The highest BCUT2D eigenvalue weighted by Crippen LogP contribution is 2.22. The number of carbonyl (C=O) groups is 1. The van der Waals surface area contributed by atoms with E-state index in [0.717, 1.165) is 0 Å². The number of ether oxygens (including phenoxy) is 1. The van der Waals surface area contributed by atoms with E-state index in [9.17, 15) is 13.2 Å². The van der Waals surface area contributed by atoms with Gasteiger partial charge in [0.15, 0.2) is 9.84 Å². The third kappa shape index (κ3) is 3.57. The van der Waals surface area contributed by atoms with Crippen LogP contribution in [0.1, 0.15) is 6.42 Å². The Morgan fingerprint density at radius 2 is 1.96 bits per heavy atom. The Morgan fingerprint density at radius 3 is 2.70 bits per heavy atom. The fourth-order valence-electron chi connectivity index (χ4n) is 3.20. The molecule has 2 atom stereocenters. The number of rotatable bonds is 4. The first kappa shape index (κ1) is 16.4. The summed E-state index contributed by atoms with van der Waals surface area (Å²) >= 11 is 0. The van der Waals surface area contributed by atoms with E-state index < -0.39 is 9.84 Å². The van der Waals surface area contributed by atoms with E-state index in [1.54, 1.807) is 42.3 Å². The first-order chi connectivity index (χ1) is 11.0. The molecule has 0 radical (unpaired) electrons. The van der Waals surface area contributed by atoms with Gasteiger partial charge in [-0.25, -0.2) is 8.42 Å². The number of hydrogen-bond acceptors (Lipinski definition) is 5. The summed E-state index contributed by atoms with van der Waals surface area (Å²) in [6.07, 6.45) is 0.400. The molecule has 2 heterocycles. The van der Waals surface area contributed by atoms with Gasteiger partial charge in [0.25, 0.3) is 0 Å². The van der Waals surface area contributed by atoms with Crippen LogP contribution in [-0.2, 0) is 19.4 Å². The molecular weight excluding hydrogens is 316 g/mol. The Labute approximate surface area is 136 Å². The van der Waals surface area contributed by atoms with Crippen molar-refractivity contribution >= 4 is 15.7 Å². The fourth-order valence-corrected chi connectivity index (χ4v) is 4.51. The Bertz CT molecular complexity index is 662. The molecule has 0 saturated carbocycles. The molecule has 0 N–H and O–H groups in total. The van der Waals surface area contributed by atoms with Crippen molar-refractivity contribution < 1.29 is 17.9 Å². The van der Waals surface area contributed by atoms with E-state index in [1.807, 2.05) is 0 Å². The van der Waals surface area contributed by atoms with Crippen molar-refractivity contribution in [3.63, 3.8) is 0 Å². The Kier molecular flexibility index (Phi) is 4.70. The van der Waals surface area contributed by atoms with Crippen molar-refractivity contribution in [3.8, 4) is 0 Å². The summed E-state index contributed by atoms with van der Waals surface area (Å²) in [5.74, 6) is 0.171. The number of likely N-dealkylation sites (N-methyl/N-ethyl adjacent to an activating group) is 1. The molecular formula is C16H22N2O4S. The number of fused-ring (bicyclic) bond motifs is 1. The van der Waals surface area contributed by atoms with E-state index >= 15 is 0 Å². The van der Waals surface area contributed by atoms with E-state index in [-0.39, 0.29) is 23.8 Å². The third-order valence-electron chi connectivity index (χ3n) is 4.63. The van der Waals surface area contributed by atoms with Gasteiger partial charge in [-0.15, -0.1) is 0 Å². The van der Waals surface area contributed by atoms with Crippen LogP contribution < -0.4 is 0 Å². The Balaban J connectivity index is 1.61. The monoisotopic (exact) mass is 338 g/mol. The van der Waals surface area contributed by atoms with E-state index in [4.69, 9.17) is 4.74 Å². The second-order valence-corrected chi connectivity index (χ2v) is 8.23. The van der Waals surface area contributed by atoms with Gasteiger partial charge in [-0.2, -0.15) is 0 Å². The molecule has 2 fully saturated rings. The summed E-state index contributed by atoms with van der Waals surface area (Å²) in [4.78, 5) is 16.1. The number of carbonyl (C=O) groups excluding carboxylic acids is 1. The zero-order valence-electron chi connectivity index (χ0n) is 13.2. The molecule has 1 aromatic rings. The first-order valence-electron chi connectivity index (χ1n) is 7.85. The van der Waals surface area contributed by atoms with Crippen LogP contribution in [0.4, 0.5) is 0 Å². The van der Waals surface area contributed by atoms with Gasteiger partial charge in [0.1, 0.15) is 0 Å². The molecule has 1 amide bonds. The third-order valence-corrected chi connectivity index (χ3v) is 6.34. The Morgan fingerprint density at radius 1 is 1.22 bits per heavy atom. The van der Waals surface area contributed by atoms with Gasteiger partial charge in [0, 0.05) is 26.7 Å². The second kappa shape index (κ2) is 6.59. The normalized spacial score (nSPS) is 26.1. The van der Waals surface area contributed by atoms with Crippen molar-refractivity contribution in [2.24, 2.45) is 0 Å². The molecule has 6 nitrogen and oxygen atoms in total. The summed E-state index contributed by atoms with van der Waals surface area (Å²) in [5, 5.41) is 0.